The monoisotopic (exact) mass is 328 g/mol. The van der Waals surface area contributed by atoms with Crippen LogP contribution in [0.4, 0.5) is 17.3 Å². The molecule has 0 amide bonds. The first-order valence-electron chi connectivity index (χ1n) is 6.22. The van der Waals surface area contributed by atoms with Gasteiger partial charge >= 0.3 is 0 Å². The molecule has 100 valence electrons. The van der Waals surface area contributed by atoms with Crippen LogP contribution < -0.4 is 10.6 Å². The highest BCUT2D eigenvalue weighted by atomic mass is 79.9. The van der Waals surface area contributed by atoms with E-state index in [-0.39, 0.29) is 0 Å². The molecule has 0 aliphatic rings. The standard InChI is InChI=1S/C15H13BrN4/c1-17-13-6-3-7-14(20-13)19-12-5-2-4-10-8-11(16)9-18-15(10)12/h2-9H,1H3,(H2,17,19,20). The van der Waals surface area contributed by atoms with Gasteiger partial charge in [0, 0.05) is 23.1 Å². The second-order valence-electron chi connectivity index (χ2n) is 4.31. The van der Waals surface area contributed by atoms with Gasteiger partial charge in [-0.1, -0.05) is 18.2 Å². The van der Waals surface area contributed by atoms with Gasteiger partial charge in [0.15, 0.2) is 0 Å². The molecule has 5 heteroatoms. The van der Waals surface area contributed by atoms with Crippen molar-refractivity contribution in [2.24, 2.45) is 0 Å². The Morgan fingerprint density at radius 3 is 2.70 bits per heavy atom. The van der Waals surface area contributed by atoms with Gasteiger partial charge in [-0.3, -0.25) is 4.98 Å². The number of nitrogens with zero attached hydrogens (tertiary/aromatic N) is 2. The number of pyridine rings is 2. The minimum atomic E-state index is 0.786. The maximum atomic E-state index is 4.47. The van der Waals surface area contributed by atoms with Crippen molar-refractivity contribution in [1.29, 1.82) is 0 Å². The van der Waals surface area contributed by atoms with Crippen LogP contribution in [0.1, 0.15) is 0 Å². The Bertz CT molecular complexity index is 758. The quantitative estimate of drug-likeness (QED) is 0.757. The van der Waals surface area contributed by atoms with Gasteiger partial charge in [0.05, 0.1) is 11.2 Å². The Hall–Kier alpha value is -2.14. The molecular formula is C15H13BrN4. The number of para-hydroxylation sites is 1. The highest BCUT2D eigenvalue weighted by Crippen LogP contribution is 2.26. The Morgan fingerprint density at radius 2 is 1.85 bits per heavy atom. The van der Waals surface area contributed by atoms with Crippen LogP contribution in [0, 0.1) is 0 Å². The fourth-order valence-corrected chi connectivity index (χ4v) is 2.37. The SMILES string of the molecule is CNc1cccc(Nc2cccc3cc(Br)cnc23)n1. The van der Waals surface area contributed by atoms with Crippen molar-refractivity contribution in [2.75, 3.05) is 17.7 Å². The summed E-state index contributed by atoms with van der Waals surface area (Å²) in [6, 6.07) is 13.9. The van der Waals surface area contributed by atoms with Crippen LogP contribution in [0.25, 0.3) is 10.9 Å². The topological polar surface area (TPSA) is 49.8 Å². The number of halogens is 1. The van der Waals surface area contributed by atoms with Crippen LogP contribution in [-0.4, -0.2) is 17.0 Å². The number of anilines is 3. The summed E-state index contributed by atoms with van der Waals surface area (Å²) in [5.74, 6) is 1.61. The third-order valence-electron chi connectivity index (χ3n) is 2.95. The summed E-state index contributed by atoms with van der Waals surface area (Å²) in [6.07, 6.45) is 1.80. The molecule has 3 rings (SSSR count). The highest BCUT2D eigenvalue weighted by molar-refractivity contribution is 9.10. The van der Waals surface area contributed by atoms with Crippen molar-refractivity contribution in [3.8, 4) is 0 Å². The van der Waals surface area contributed by atoms with Gasteiger partial charge in [-0.05, 0) is 40.2 Å². The van der Waals surface area contributed by atoms with Crippen molar-refractivity contribution >= 4 is 44.2 Å². The summed E-state index contributed by atoms with van der Waals surface area (Å²) >= 11 is 3.44. The van der Waals surface area contributed by atoms with Crippen molar-refractivity contribution in [3.63, 3.8) is 0 Å². The molecule has 0 fully saturated rings. The second-order valence-corrected chi connectivity index (χ2v) is 5.23. The van der Waals surface area contributed by atoms with Crippen LogP contribution >= 0.6 is 15.9 Å². The van der Waals surface area contributed by atoms with E-state index in [2.05, 4.69) is 36.5 Å². The van der Waals surface area contributed by atoms with E-state index < -0.39 is 0 Å². The zero-order valence-electron chi connectivity index (χ0n) is 10.9. The highest BCUT2D eigenvalue weighted by Gasteiger charge is 2.04. The van der Waals surface area contributed by atoms with Crippen molar-refractivity contribution in [1.82, 2.24) is 9.97 Å². The Morgan fingerprint density at radius 1 is 1.05 bits per heavy atom. The van der Waals surface area contributed by atoms with Gasteiger partial charge in [0.2, 0.25) is 0 Å². The number of nitrogens with one attached hydrogen (secondary N) is 2. The lowest BCUT2D eigenvalue weighted by molar-refractivity contribution is 1.27. The van der Waals surface area contributed by atoms with E-state index in [4.69, 9.17) is 0 Å². The first-order valence-corrected chi connectivity index (χ1v) is 7.02. The van der Waals surface area contributed by atoms with E-state index in [1.165, 1.54) is 0 Å². The van der Waals surface area contributed by atoms with Crippen LogP contribution in [0.15, 0.2) is 53.1 Å². The zero-order valence-corrected chi connectivity index (χ0v) is 12.5. The molecular weight excluding hydrogens is 316 g/mol. The van der Waals surface area contributed by atoms with E-state index in [0.29, 0.717) is 0 Å². The summed E-state index contributed by atoms with van der Waals surface area (Å²) < 4.78 is 0.970. The largest absolute Gasteiger partial charge is 0.373 e. The predicted molar refractivity (Wildman–Crippen MR) is 86.5 cm³/mol. The predicted octanol–water partition coefficient (Wildman–Crippen LogP) is 4.18. The molecule has 0 saturated carbocycles. The van der Waals surface area contributed by atoms with E-state index in [0.717, 1.165) is 32.7 Å². The third kappa shape index (κ3) is 2.58. The van der Waals surface area contributed by atoms with Gasteiger partial charge in [-0.15, -0.1) is 0 Å². The van der Waals surface area contributed by atoms with E-state index in [1.54, 1.807) is 6.20 Å². The fraction of sp³-hybridized carbons (Fsp3) is 0.0667. The molecule has 2 heterocycles. The summed E-state index contributed by atoms with van der Waals surface area (Å²) in [5, 5.41) is 7.41. The summed E-state index contributed by atoms with van der Waals surface area (Å²) in [4.78, 5) is 8.92. The molecule has 4 nitrogen and oxygen atoms in total. The number of hydrogen-bond acceptors (Lipinski definition) is 4. The van der Waals surface area contributed by atoms with Crippen molar-refractivity contribution < 1.29 is 0 Å². The van der Waals surface area contributed by atoms with E-state index >= 15 is 0 Å². The lowest BCUT2D eigenvalue weighted by Gasteiger charge is -2.09. The van der Waals surface area contributed by atoms with E-state index in [9.17, 15) is 0 Å². The van der Waals surface area contributed by atoms with Gasteiger partial charge in [-0.25, -0.2) is 4.98 Å². The normalized spacial score (nSPS) is 10.5. The molecule has 2 aromatic heterocycles. The fourth-order valence-electron chi connectivity index (χ4n) is 2.02. The van der Waals surface area contributed by atoms with E-state index in [1.807, 2.05) is 49.5 Å². The molecule has 0 bridgehead atoms. The second kappa shape index (κ2) is 5.46. The maximum Gasteiger partial charge on any atom is 0.132 e. The van der Waals surface area contributed by atoms with Crippen LogP contribution in [0.3, 0.4) is 0 Å². The molecule has 1 aromatic carbocycles. The lowest BCUT2D eigenvalue weighted by Crippen LogP contribution is -1.98. The van der Waals surface area contributed by atoms with Crippen LogP contribution in [0.5, 0.6) is 0 Å². The average Bonchev–Trinajstić information content (AvgIpc) is 2.47. The number of benzene rings is 1. The number of rotatable bonds is 3. The first-order chi connectivity index (χ1) is 9.76. The number of aromatic nitrogens is 2. The Labute approximate surface area is 125 Å². The molecule has 3 aromatic rings. The first kappa shape index (κ1) is 12.9. The minimum Gasteiger partial charge on any atom is -0.373 e. The molecule has 0 radical (unpaired) electrons. The Balaban J connectivity index is 2.02. The average molecular weight is 329 g/mol. The van der Waals surface area contributed by atoms with Crippen LogP contribution in [0.2, 0.25) is 0 Å². The third-order valence-corrected chi connectivity index (χ3v) is 3.38. The zero-order chi connectivity index (χ0) is 13.9. The van der Waals surface area contributed by atoms with Gasteiger partial charge in [-0.2, -0.15) is 0 Å². The summed E-state index contributed by atoms with van der Waals surface area (Å²) in [5.41, 5.74) is 1.86. The van der Waals surface area contributed by atoms with Gasteiger partial charge < -0.3 is 10.6 Å². The number of hydrogen-bond donors (Lipinski definition) is 2. The van der Waals surface area contributed by atoms with Gasteiger partial charge in [0.1, 0.15) is 11.6 Å². The molecule has 20 heavy (non-hydrogen) atoms. The summed E-state index contributed by atoms with van der Waals surface area (Å²) in [7, 11) is 1.85. The van der Waals surface area contributed by atoms with Crippen molar-refractivity contribution in [2.45, 2.75) is 0 Å². The molecule has 0 saturated heterocycles. The molecule has 2 N–H and O–H groups in total. The molecule has 0 aliphatic heterocycles. The molecule has 0 spiro atoms. The van der Waals surface area contributed by atoms with Gasteiger partial charge in [0.25, 0.3) is 0 Å². The molecule has 0 aliphatic carbocycles. The maximum absolute atomic E-state index is 4.47. The minimum absolute atomic E-state index is 0.786. The molecule has 0 unspecified atom stereocenters. The van der Waals surface area contributed by atoms with Crippen molar-refractivity contribution in [3.05, 3.63) is 53.1 Å². The summed E-state index contributed by atoms with van der Waals surface area (Å²) in [6.45, 7) is 0. The smallest absolute Gasteiger partial charge is 0.132 e. The number of fused-ring (bicyclic) bond motifs is 1. The van der Waals surface area contributed by atoms with Crippen LogP contribution in [-0.2, 0) is 0 Å². The Kier molecular flexibility index (Phi) is 3.52. The molecule has 0 atom stereocenters. The lowest BCUT2D eigenvalue weighted by atomic mass is 10.2.